The van der Waals surface area contributed by atoms with Crippen LogP contribution in [0.4, 0.5) is 17.1 Å². The van der Waals surface area contributed by atoms with Gasteiger partial charge in [-0.1, -0.05) is 18.2 Å². The molecule has 1 aliphatic heterocycles. The number of hydrogen-bond acceptors (Lipinski definition) is 5. The van der Waals surface area contributed by atoms with Crippen LogP contribution in [0.2, 0.25) is 0 Å². The molecular formula is C22H17N3O5. The quantitative estimate of drug-likeness (QED) is 0.506. The molecule has 0 aliphatic carbocycles. The predicted molar refractivity (Wildman–Crippen MR) is 111 cm³/mol. The molecule has 0 saturated heterocycles. The second kappa shape index (κ2) is 7.67. The first kappa shape index (κ1) is 19.1. The SMILES string of the molecule is CCN1C(=O)c2cc(NC(=O)c3cccc([N+](=O)[O-])c3)ccc2Oc2ccccc21. The lowest BCUT2D eigenvalue weighted by atomic mass is 10.1. The number of fused-ring (bicyclic) bond motifs is 2. The minimum Gasteiger partial charge on any atom is -0.454 e. The summed E-state index contributed by atoms with van der Waals surface area (Å²) in [5, 5.41) is 13.6. The molecule has 1 N–H and O–H groups in total. The van der Waals surface area contributed by atoms with Gasteiger partial charge in [0.2, 0.25) is 0 Å². The fraction of sp³-hybridized carbons (Fsp3) is 0.0909. The summed E-state index contributed by atoms with van der Waals surface area (Å²) in [6.45, 7) is 2.32. The van der Waals surface area contributed by atoms with E-state index in [1.807, 2.05) is 25.1 Å². The fourth-order valence-electron chi connectivity index (χ4n) is 3.28. The summed E-state index contributed by atoms with van der Waals surface area (Å²) in [5.74, 6) is 0.191. The van der Waals surface area contributed by atoms with Crippen LogP contribution in [0.15, 0.2) is 66.7 Å². The Hall–Kier alpha value is -4.20. The molecule has 8 nitrogen and oxygen atoms in total. The van der Waals surface area contributed by atoms with Gasteiger partial charge in [0.15, 0.2) is 5.75 Å². The molecule has 1 heterocycles. The van der Waals surface area contributed by atoms with Crippen LogP contribution < -0.4 is 15.0 Å². The summed E-state index contributed by atoms with van der Waals surface area (Å²) in [5.41, 5.74) is 1.33. The number of non-ortho nitro benzene ring substituents is 1. The van der Waals surface area contributed by atoms with Crippen molar-refractivity contribution >= 4 is 28.9 Å². The zero-order valence-electron chi connectivity index (χ0n) is 16.0. The Labute approximate surface area is 171 Å². The molecule has 1 aliphatic rings. The lowest BCUT2D eigenvalue weighted by Crippen LogP contribution is -2.29. The normalized spacial score (nSPS) is 12.3. The van der Waals surface area contributed by atoms with Crippen molar-refractivity contribution in [3.05, 3.63) is 88.0 Å². The summed E-state index contributed by atoms with van der Waals surface area (Å²) in [7, 11) is 0. The third-order valence-electron chi connectivity index (χ3n) is 4.72. The number of carbonyl (C=O) groups excluding carboxylic acids is 2. The van der Waals surface area contributed by atoms with Gasteiger partial charge in [0.1, 0.15) is 5.75 Å². The van der Waals surface area contributed by atoms with Crippen molar-refractivity contribution in [2.75, 3.05) is 16.8 Å². The van der Waals surface area contributed by atoms with Gasteiger partial charge in [0, 0.05) is 29.9 Å². The number of anilines is 2. The largest absolute Gasteiger partial charge is 0.454 e. The van der Waals surface area contributed by atoms with Crippen LogP contribution in [0.5, 0.6) is 11.5 Å². The Kier molecular flexibility index (Phi) is 4.89. The van der Waals surface area contributed by atoms with E-state index in [1.54, 1.807) is 29.2 Å². The van der Waals surface area contributed by atoms with Gasteiger partial charge in [-0.3, -0.25) is 19.7 Å². The molecule has 0 radical (unpaired) electrons. The van der Waals surface area contributed by atoms with Crippen molar-refractivity contribution in [3.8, 4) is 11.5 Å². The lowest BCUT2D eigenvalue weighted by Gasteiger charge is -2.19. The maximum absolute atomic E-state index is 13.1. The fourth-order valence-corrected chi connectivity index (χ4v) is 3.28. The van der Waals surface area contributed by atoms with Crippen LogP contribution in [0, 0.1) is 10.1 Å². The molecule has 150 valence electrons. The highest BCUT2D eigenvalue weighted by Crippen LogP contribution is 2.39. The van der Waals surface area contributed by atoms with E-state index in [0.29, 0.717) is 35.0 Å². The van der Waals surface area contributed by atoms with E-state index < -0.39 is 10.8 Å². The molecule has 4 rings (SSSR count). The first-order valence-corrected chi connectivity index (χ1v) is 9.26. The molecule has 0 unspecified atom stereocenters. The van der Waals surface area contributed by atoms with Gasteiger partial charge < -0.3 is 15.0 Å². The third kappa shape index (κ3) is 3.46. The van der Waals surface area contributed by atoms with Crippen molar-refractivity contribution in [1.29, 1.82) is 0 Å². The van der Waals surface area contributed by atoms with E-state index in [9.17, 15) is 19.7 Å². The summed E-state index contributed by atoms with van der Waals surface area (Å²) in [6.07, 6.45) is 0. The maximum atomic E-state index is 13.1. The standard InChI is InChI=1S/C22H17N3O5/c1-2-24-18-8-3-4-9-20(18)30-19-11-10-15(13-17(19)22(24)27)23-21(26)14-6-5-7-16(12-14)25(28)29/h3-13H,2H2,1H3,(H,23,26). The first-order chi connectivity index (χ1) is 14.5. The molecule has 3 aromatic rings. The zero-order chi connectivity index (χ0) is 21.3. The number of amides is 2. The lowest BCUT2D eigenvalue weighted by molar-refractivity contribution is -0.384. The van der Waals surface area contributed by atoms with E-state index in [0.717, 1.165) is 0 Å². The number of nitrogens with one attached hydrogen (secondary N) is 1. The van der Waals surface area contributed by atoms with Crippen LogP contribution >= 0.6 is 0 Å². The van der Waals surface area contributed by atoms with Crippen LogP contribution in [-0.4, -0.2) is 23.3 Å². The van der Waals surface area contributed by atoms with Crippen molar-refractivity contribution in [2.24, 2.45) is 0 Å². The number of nitro groups is 1. The highest BCUT2D eigenvalue weighted by Gasteiger charge is 2.27. The average Bonchev–Trinajstić information content (AvgIpc) is 2.87. The Morgan fingerprint density at radius 3 is 2.63 bits per heavy atom. The van der Waals surface area contributed by atoms with Crippen molar-refractivity contribution in [3.63, 3.8) is 0 Å². The third-order valence-corrected chi connectivity index (χ3v) is 4.72. The number of nitrogens with zero attached hydrogens (tertiary/aromatic N) is 2. The molecule has 0 fully saturated rings. The van der Waals surface area contributed by atoms with E-state index in [1.165, 1.54) is 24.3 Å². The van der Waals surface area contributed by atoms with Gasteiger partial charge in [0.25, 0.3) is 17.5 Å². The van der Waals surface area contributed by atoms with Gasteiger partial charge >= 0.3 is 0 Å². The second-order valence-electron chi connectivity index (χ2n) is 6.59. The summed E-state index contributed by atoms with van der Waals surface area (Å²) < 4.78 is 5.94. The van der Waals surface area contributed by atoms with Gasteiger partial charge in [-0.25, -0.2) is 0 Å². The number of hydrogen-bond donors (Lipinski definition) is 1. The summed E-state index contributed by atoms with van der Waals surface area (Å²) >= 11 is 0. The van der Waals surface area contributed by atoms with E-state index in [-0.39, 0.29) is 17.2 Å². The van der Waals surface area contributed by atoms with Gasteiger partial charge in [-0.15, -0.1) is 0 Å². The molecule has 2 amide bonds. The average molecular weight is 403 g/mol. The van der Waals surface area contributed by atoms with Crippen LogP contribution in [0.3, 0.4) is 0 Å². The highest BCUT2D eigenvalue weighted by molar-refractivity contribution is 6.11. The van der Waals surface area contributed by atoms with Crippen LogP contribution in [-0.2, 0) is 0 Å². The Balaban J connectivity index is 1.65. The topological polar surface area (TPSA) is 102 Å². The second-order valence-corrected chi connectivity index (χ2v) is 6.59. The van der Waals surface area contributed by atoms with Gasteiger partial charge in [-0.2, -0.15) is 0 Å². The highest BCUT2D eigenvalue weighted by atomic mass is 16.6. The number of ether oxygens (including phenoxy) is 1. The molecule has 0 spiro atoms. The monoisotopic (exact) mass is 403 g/mol. The molecule has 0 bridgehead atoms. The zero-order valence-corrected chi connectivity index (χ0v) is 16.0. The molecule has 0 aromatic heterocycles. The smallest absolute Gasteiger partial charge is 0.270 e. The minimum atomic E-state index is -0.563. The Morgan fingerprint density at radius 1 is 1.07 bits per heavy atom. The molecule has 3 aromatic carbocycles. The predicted octanol–water partition coefficient (Wildman–Crippen LogP) is 4.62. The molecule has 8 heteroatoms. The van der Waals surface area contributed by atoms with Crippen LogP contribution in [0.25, 0.3) is 0 Å². The Bertz CT molecular complexity index is 1170. The number of para-hydroxylation sites is 2. The van der Waals surface area contributed by atoms with E-state index in [4.69, 9.17) is 4.74 Å². The van der Waals surface area contributed by atoms with Crippen LogP contribution in [0.1, 0.15) is 27.6 Å². The maximum Gasteiger partial charge on any atom is 0.270 e. The number of benzene rings is 3. The van der Waals surface area contributed by atoms with Gasteiger partial charge in [0.05, 0.1) is 16.2 Å². The number of nitro benzene ring substituents is 1. The van der Waals surface area contributed by atoms with Crippen molar-refractivity contribution < 1.29 is 19.2 Å². The number of carbonyl (C=O) groups is 2. The minimum absolute atomic E-state index is 0.143. The van der Waals surface area contributed by atoms with E-state index in [2.05, 4.69) is 5.32 Å². The number of rotatable bonds is 4. The van der Waals surface area contributed by atoms with Crippen molar-refractivity contribution in [2.45, 2.75) is 6.92 Å². The summed E-state index contributed by atoms with van der Waals surface area (Å²) in [6, 6.07) is 17.5. The summed E-state index contributed by atoms with van der Waals surface area (Å²) in [4.78, 5) is 37.6. The van der Waals surface area contributed by atoms with Gasteiger partial charge in [-0.05, 0) is 43.3 Å². The molecular weight excluding hydrogens is 386 g/mol. The molecule has 0 saturated carbocycles. The molecule has 30 heavy (non-hydrogen) atoms. The van der Waals surface area contributed by atoms with Crippen molar-refractivity contribution in [1.82, 2.24) is 0 Å². The Morgan fingerprint density at radius 2 is 1.87 bits per heavy atom. The van der Waals surface area contributed by atoms with E-state index >= 15 is 0 Å². The first-order valence-electron chi connectivity index (χ1n) is 9.26. The molecule has 0 atom stereocenters.